The van der Waals surface area contributed by atoms with Gasteiger partial charge in [0.05, 0.1) is 0 Å². The first kappa shape index (κ1) is 14.1. The van der Waals surface area contributed by atoms with Crippen LogP contribution in [-0.2, 0) is 13.1 Å². The molecule has 0 fully saturated rings. The Hall–Kier alpha value is -1.32. The van der Waals surface area contributed by atoms with Crippen molar-refractivity contribution in [1.29, 1.82) is 0 Å². The maximum atomic E-state index is 8.80. The van der Waals surface area contributed by atoms with E-state index in [-0.39, 0.29) is 0 Å². The third-order valence-corrected chi connectivity index (χ3v) is 3.47. The van der Waals surface area contributed by atoms with Gasteiger partial charge in [0.2, 0.25) is 0 Å². The third kappa shape index (κ3) is 3.82. The minimum Gasteiger partial charge on any atom is -0.396 e. The fraction of sp³-hybridized carbons (Fsp3) is 0.500. The lowest BCUT2D eigenvalue weighted by atomic mass is 10.1. The van der Waals surface area contributed by atoms with E-state index < -0.39 is 0 Å². The first-order chi connectivity index (χ1) is 9.35. The molecule has 1 aromatic heterocycles. The molecule has 0 radical (unpaired) electrons. The van der Waals surface area contributed by atoms with Crippen LogP contribution in [0.15, 0.2) is 30.5 Å². The molecule has 0 spiro atoms. The van der Waals surface area contributed by atoms with Crippen molar-refractivity contribution in [2.45, 2.75) is 39.3 Å². The molecule has 2 N–H and O–H groups in total. The third-order valence-electron chi connectivity index (χ3n) is 3.47. The van der Waals surface area contributed by atoms with E-state index >= 15 is 0 Å². The maximum Gasteiger partial charge on any atom is 0.0483 e. The predicted octanol–water partition coefficient (Wildman–Crippen LogP) is 2.91. The molecule has 0 aliphatic rings. The van der Waals surface area contributed by atoms with Gasteiger partial charge in [-0.15, -0.1) is 0 Å². The molecule has 3 nitrogen and oxygen atoms in total. The van der Waals surface area contributed by atoms with Crippen LogP contribution in [0.5, 0.6) is 0 Å². The zero-order valence-electron chi connectivity index (χ0n) is 11.7. The van der Waals surface area contributed by atoms with E-state index in [0.29, 0.717) is 6.61 Å². The number of rotatable bonds is 8. The number of benzene rings is 1. The molecule has 3 heteroatoms. The van der Waals surface area contributed by atoms with Crippen LogP contribution in [0.2, 0.25) is 0 Å². The number of nitrogens with one attached hydrogen (secondary N) is 1. The zero-order valence-corrected chi connectivity index (χ0v) is 11.7. The standard InChI is InChI=1S/C16H24N2O/c1-2-17-13-14-6-7-15-8-10-18(16(15)12-14)9-4-3-5-11-19/h6-8,10,12,17,19H,2-5,9,11,13H2,1H3. The van der Waals surface area contributed by atoms with Crippen LogP contribution < -0.4 is 5.32 Å². The molecule has 0 atom stereocenters. The van der Waals surface area contributed by atoms with Crippen LogP contribution in [0.1, 0.15) is 31.7 Å². The number of hydrogen-bond acceptors (Lipinski definition) is 2. The highest BCUT2D eigenvalue weighted by Crippen LogP contribution is 2.18. The summed E-state index contributed by atoms with van der Waals surface area (Å²) in [6.07, 6.45) is 5.29. The second-order valence-corrected chi connectivity index (χ2v) is 4.97. The monoisotopic (exact) mass is 260 g/mol. The van der Waals surface area contributed by atoms with Crippen LogP contribution >= 0.6 is 0 Å². The van der Waals surface area contributed by atoms with Gasteiger partial charge in [-0.1, -0.05) is 19.1 Å². The average Bonchev–Trinajstić information content (AvgIpc) is 2.84. The summed E-state index contributed by atoms with van der Waals surface area (Å²) in [6, 6.07) is 8.86. The Bertz CT molecular complexity index is 504. The lowest BCUT2D eigenvalue weighted by Crippen LogP contribution is -2.11. The van der Waals surface area contributed by atoms with Gasteiger partial charge in [-0.2, -0.15) is 0 Å². The van der Waals surface area contributed by atoms with Crippen molar-refractivity contribution in [3.8, 4) is 0 Å². The molecule has 0 aliphatic heterocycles. The highest BCUT2D eigenvalue weighted by atomic mass is 16.2. The van der Waals surface area contributed by atoms with E-state index in [2.05, 4.69) is 47.3 Å². The number of aliphatic hydroxyl groups excluding tert-OH is 1. The number of unbranched alkanes of at least 4 members (excludes halogenated alkanes) is 2. The Morgan fingerprint density at radius 1 is 1.16 bits per heavy atom. The largest absolute Gasteiger partial charge is 0.396 e. The fourth-order valence-corrected chi connectivity index (χ4v) is 2.37. The van der Waals surface area contributed by atoms with E-state index in [4.69, 9.17) is 5.11 Å². The molecule has 19 heavy (non-hydrogen) atoms. The minimum atomic E-state index is 0.305. The van der Waals surface area contributed by atoms with Gasteiger partial charge in [0.25, 0.3) is 0 Å². The lowest BCUT2D eigenvalue weighted by Gasteiger charge is -2.07. The lowest BCUT2D eigenvalue weighted by molar-refractivity contribution is 0.282. The molecule has 0 saturated carbocycles. The molecule has 2 rings (SSSR count). The molecule has 0 amide bonds. The van der Waals surface area contributed by atoms with E-state index in [1.165, 1.54) is 16.5 Å². The second kappa shape index (κ2) is 7.31. The molecule has 0 aliphatic carbocycles. The topological polar surface area (TPSA) is 37.2 Å². The van der Waals surface area contributed by atoms with Crippen molar-refractivity contribution >= 4 is 10.9 Å². The number of aryl methyl sites for hydroxylation is 1. The quantitative estimate of drug-likeness (QED) is 0.716. The fourth-order valence-electron chi connectivity index (χ4n) is 2.37. The van der Waals surface area contributed by atoms with Crippen LogP contribution in [0.25, 0.3) is 10.9 Å². The Kier molecular flexibility index (Phi) is 5.43. The van der Waals surface area contributed by atoms with Crippen LogP contribution in [0, 0.1) is 0 Å². The van der Waals surface area contributed by atoms with Gasteiger partial charge in [0.15, 0.2) is 0 Å². The summed E-state index contributed by atoms with van der Waals surface area (Å²) in [4.78, 5) is 0. The highest BCUT2D eigenvalue weighted by molar-refractivity contribution is 5.80. The number of fused-ring (bicyclic) bond motifs is 1. The maximum absolute atomic E-state index is 8.80. The number of hydrogen-bond donors (Lipinski definition) is 2. The average molecular weight is 260 g/mol. The summed E-state index contributed by atoms with van der Waals surface area (Å²) < 4.78 is 2.32. The smallest absolute Gasteiger partial charge is 0.0483 e. The zero-order chi connectivity index (χ0) is 13.5. The number of aromatic nitrogens is 1. The summed E-state index contributed by atoms with van der Waals surface area (Å²) in [5.41, 5.74) is 2.66. The van der Waals surface area contributed by atoms with Gasteiger partial charge in [-0.3, -0.25) is 0 Å². The van der Waals surface area contributed by atoms with Crippen molar-refractivity contribution in [2.24, 2.45) is 0 Å². The summed E-state index contributed by atoms with van der Waals surface area (Å²) in [6.45, 7) is 5.40. The Labute approximate surface area is 115 Å². The highest BCUT2D eigenvalue weighted by Gasteiger charge is 2.02. The molecular weight excluding hydrogens is 236 g/mol. The molecule has 0 unspecified atom stereocenters. The van der Waals surface area contributed by atoms with Crippen molar-refractivity contribution < 1.29 is 5.11 Å². The molecule has 0 saturated heterocycles. The molecular formula is C16H24N2O. The Balaban J connectivity index is 2.06. The van der Waals surface area contributed by atoms with Gasteiger partial charge in [0, 0.05) is 31.4 Å². The van der Waals surface area contributed by atoms with E-state index in [0.717, 1.165) is 38.9 Å². The van der Waals surface area contributed by atoms with Gasteiger partial charge in [0.1, 0.15) is 0 Å². The van der Waals surface area contributed by atoms with E-state index in [1.54, 1.807) is 0 Å². The summed E-state index contributed by atoms with van der Waals surface area (Å²) in [7, 11) is 0. The van der Waals surface area contributed by atoms with Crippen molar-refractivity contribution in [2.75, 3.05) is 13.2 Å². The van der Waals surface area contributed by atoms with Crippen molar-refractivity contribution in [3.63, 3.8) is 0 Å². The second-order valence-electron chi connectivity index (χ2n) is 4.97. The molecule has 0 bridgehead atoms. The van der Waals surface area contributed by atoms with Crippen LogP contribution in [0.3, 0.4) is 0 Å². The van der Waals surface area contributed by atoms with Gasteiger partial charge in [-0.25, -0.2) is 0 Å². The molecule has 1 heterocycles. The summed E-state index contributed by atoms with van der Waals surface area (Å²) in [5.74, 6) is 0. The molecule has 2 aromatic rings. The Morgan fingerprint density at radius 3 is 2.84 bits per heavy atom. The van der Waals surface area contributed by atoms with E-state index in [1.807, 2.05) is 0 Å². The van der Waals surface area contributed by atoms with Gasteiger partial charge in [-0.05, 0) is 48.9 Å². The Morgan fingerprint density at radius 2 is 2.05 bits per heavy atom. The summed E-state index contributed by atoms with van der Waals surface area (Å²) >= 11 is 0. The van der Waals surface area contributed by atoms with Crippen LogP contribution in [0.4, 0.5) is 0 Å². The first-order valence-electron chi connectivity index (χ1n) is 7.24. The minimum absolute atomic E-state index is 0.305. The summed E-state index contributed by atoms with van der Waals surface area (Å²) in [5, 5.41) is 13.5. The van der Waals surface area contributed by atoms with Crippen LogP contribution in [-0.4, -0.2) is 22.8 Å². The normalized spacial score (nSPS) is 11.3. The SMILES string of the molecule is CCNCc1ccc2ccn(CCCCCO)c2c1. The predicted molar refractivity (Wildman–Crippen MR) is 80.3 cm³/mol. The van der Waals surface area contributed by atoms with Gasteiger partial charge < -0.3 is 15.0 Å². The number of aliphatic hydroxyl groups is 1. The number of nitrogens with zero attached hydrogens (tertiary/aromatic N) is 1. The van der Waals surface area contributed by atoms with Gasteiger partial charge >= 0.3 is 0 Å². The van der Waals surface area contributed by atoms with Crippen molar-refractivity contribution in [1.82, 2.24) is 9.88 Å². The molecule has 1 aromatic carbocycles. The van der Waals surface area contributed by atoms with E-state index in [9.17, 15) is 0 Å². The molecule has 104 valence electrons. The first-order valence-corrected chi connectivity index (χ1v) is 7.24. The van der Waals surface area contributed by atoms with Crippen molar-refractivity contribution in [3.05, 3.63) is 36.0 Å².